The molecule has 0 amide bonds. The topological polar surface area (TPSA) is 72.7 Å². The summed E-state index contributed by atoms with van der Waals surface area (Å²) in [5, 5.41) is 0. The summed E-state index contributed by atoms with van der Waals surface area (Å²) in [7, 11) is 1.59. The molecule has 114 valence electrons. The molecule has 6 nitrogen and oxygen atoms in total. The number of aromatic nitrogens is 4. The molecule has 1 saturated carbocycles. The highest BCUT2D eigenvalue weighted by Crippen LogP contribution is 2.30. The van der Waals surface area contributed by atoms with E-state index in [0.717, 1.165) is 25.7 Å². The zero-order valence-corrected chi connectivity index (χ0v) is 12.0. The van der Waals surface area contributed by atoms with Gasteiger partial charge in [0.15, 0.2) is 11.2 Å². The number of hydrogen-bond donors (Lipinski definition) is 1. The molecule has 0 unspecified atom stereocenters. The van der Waals surface area contributed by atoms with E-state index in [2.05, 4.69) is 9.97 Å². The van der Waals surface area contributed by atoms with Crippen LogP contribution < -0.4 is 11.2 Å². The van der Waals surface area contributed by atoms with Gasteiger partial charge in [-0.05, 0) is 37.5 Å². The van der Waals surface area contributed by atoms with E-state index in [9.17, 15) is 14.0 Å². The van der Waals surface area contributed by atoms with Gasteiger partial charge < -0.3 is 4.57 Å². The molecule has 7 heteroatoms. The summed E-state index contributed by atoms with van der Waals surface area (Å²) in [5.74, 6) is 0.631. The lowest BCUT2D eigenvalue weighted by molar-refractivity contribution is 0.218. The number of fused-ring (bicyclic) bond motifs is 1. The Labute approximate surface area is 120 Å². The van der Waals surface area contributed by atoms with Gasteiger partial charge in [0, 0.05) is 13.6 Å². The van der Waals surface area contributed by atoms with E-state index in [1.807, 2.05) is 4.57 Å². The number of hydrogen-bond acceptors (Lipinski definition) is 3. The van der Waals surface area contributed by atoms with Crippen molar-refractivity contribution >= 4 is 11.2 Å². The highest BCUT2D eigenvalue weighted by molar-refractivity contribution is 5.69. The normalized spacial score (nSPS) is 22.8. The predicted octanol–water partition coefficient (Wildman–Crippen LogP) is 1.20. The number of alkyl halides is 1. The van der Waals surface area contributed by atoms with Gasteiger partial charge in [0.25, 0.3) is 5.56 Å². The van der Waals surface area contributed by atoms with Crippen molar-refractivity contribution in [2.45, 2.75) is 32.2 Å². The van der Waals surface area contributed by atoms with E-state index in [4.69, 9.17) is 0 Å². The Balaban J connectivity index is 1.87. The average molecular weight is 294 g/mol. The van der Waals surface area contributed by atoms with Crippen molar-refractivity contribution in [2.24, 2.45) is 18.9 Å². The summed E-state index contributed by atoms with van der Waals surface area (Å²) in [6.07, 6.45) is 5.36. The van der Waals surface area contributed by atoms with Crippen molar-refractivity contribution < 1.29 is 4.39 Å². The van der Waals surface area contributed by atoms with E-state index < -0.39 is 11.2 Å². The molecule has 2 aromatic rings. The van der Waals surface area contributed by atoms with Gasteiger partial charge >= 0.3 is 5.69 Å². The highest BCUT2D eigenvalue weighted by atomic mass is 19.1. The first-order chi connectivity index (χ1) is 10.1. The summed E-state index contributed by atoms with van der Waals surface area (Å²) >= 11 is 0. The van der Waals surface area contributed by atoms with E-state index in [1.165, 1.54) is 4.57 Å². The van der Waals surface area contributed by atoms with E-state index in [0.29, 0.717) is 23.6 Å². The van der Waals surface area contributed by atoms with Gasteiger partial charge in [-0.1, -0.05) is 0 Å². The van der Waals surface area contributed by atoms with Crippen molar-refractivity contribution in [3.8, 4) is 0 Å². The SMILES string of the molecule is Cn1c(=O)[nH]c(=O)c2c1ncn2C[C@H]1CC[C@H](CF)CC1. The standard InChI is InChI=1S/C14H19FN4O2/c1-18-12-11(13(20)17-14(18)21)19(8-16-12)7-10-4-2-9(6-15)3-5-10/h8-10H,2-7H2,1H3,(H,17,20,21)/t9-,10-. The Morgan fingerprint density at radius 1 is 1.29 bits per heavy atom. The number of halogens is 1. The zero-order chi connectivity index (χ0) is 15.0. The van der Waals surface area contributed by atoms with Crippen molar-refractivity contribution in [3.05, 3.63) is 27.2 Å². The van der Waals surface area contributed by atoms with Crippen LogP contribution in [0.2, 0.25) is 0 Å². The van der Waals surface area contributed by atoms with Crippen LogP contribution in [0.1, 0.15) is 25.7 Å². The van der Waals surface area contributed by atoms with Crippen molar-refractivity contribution in [1.29, 1.82) is 0 Å². The van der Waals surface area contributed by atoms with E-state index in [1.54, 1.807) is 13.4 Å². The van der Waals surface area contributed by atoms with Crippen LogP contribution in [0, 0.1) is 11.8 Å². The van der Waals surface area contributed by atoms with Gasteiger partial charge in [0.2, 0.25) is 0 Å². The third kappa shape index (κ3) is 2.52. The van der Waals surface area contributed by atoms with Gasteiger partial charge in [0.1, 0.15) is 0 Å². The number of imidazole rings is 1. The Morgan fingerprint density at radius 3 is 2.62 bits per heavy atom. The van der Waals surface area contributed by atoms with Crippen LogP contribution in [-0.2, 0) is 13.6 Å². The van der Waals surface area contributed by atoms with E-state index in [-0.39, 0.29) is 12.6 Å². The molecule has 0 bridgehead atoms. The maximum absolute atomic E-state index is 12.6. The average Bonchev–Trinajstić information content (AvgIpc) is 2.90. The third-order valence-electron chi connectivity index (χ3n) is 4.52. The van der Waals surface area contributed by atoms with Crippen molar-refractivity contribution in [3.63, 3.8) is 0 Å². The first-order valence-electron chi connectivity index (χ1n) is 7.30. The molecular formula is C14H19FN4O2. The lowest BCUT2D eigenvalue weighted by Gasteiger charge is -2.27. The van der Waals surface area contributed by atoms with Crippen LogP contribution in [0.4, 0.5) is 4.39 Å². The van der Waals surface area contributed by atoms with Gasteiger partial charge in [-0.2, -0.15) is 0 Å². The lowest BCUT2D eigenvalue weighted by Crippen LogP contribution is -2.29. The molecule has 0 atom stereocenters. The smallest absolute Gasteiger partial charge is 0.324 e. The molecule has 1 fully saturated rings. The first-order valence-corrected chi connectivity index (χ1v) is 7.30. The van der Waals surface area contributed by atoms with Crippen LogP contribution in [0.5, 0.6) is 0 Å². The molecule has 1 aliphatic carbocycles. The molecule has 21 heavy (non-hydrogen) atoms. The molecule has 0 aromatic carbocycles. The summed E-state index contributed by atoms with van der Waals surface area (Å²) in [6.45, 7) is 0.458. The highest BCUT2D eigenvalue weighted by Gasteiger charge is 2.22. The van der Waals surface area contributed by atoms with Crippen molar-refractivity contribution in [2.75, 3.05) is 6.67 Å². The van der Waals surface area contributed by atoms with Gasteiger partial charge in [-0.3, -0.25) is 18.7 Å². The molecule has 3 rings (SSSR count). The Kier molecular flexibility index (Phi) is 3.65. The minimum Gasteiger partial charge on any atom is -0.324 e. The Bertz CT molecular complexity index is 752. The molecule has 0 aliphatic heterocycles. The second-order valence-electron chi connectivity index (χ2n) is 5.93. The fraction of sp³-hybridized carbons (Fsp3) is 0.643. The minimum atomic E-state index is -0.457. The maximum Gasteiger partial charge on any atom is 0.329 e. The van der Waals surface area contributed by atoms with Crippen LogP contribution in [0.25, 0.3) is 11.2 Å². The minimum absolute atomic E-state index is 0.199. The number of nitrogens with zero attached hydrogens (tertiary/aromatic N) is 3. The molecule has 0 radical (unpaired) electrons. The second kappa shape index (κ2) is 5.46. The van der Waals surface area contributed by atoms with Gasteiger partial charge in [-0.25, -0.2) is 9.78 Å². The fourth-order valence-electron chi connectivity index (χ4n) is 3.17. The van der Waals surface area contributed by atoms with Crippen molar-refractivity contribution in [1.82, 2.24) is 19.1 Å². The molecule has 1 N–H and O–H groups in total. The summed E-state index contributed by atoms with van der Waals surface area (Å²) < 4.78 is 15.8. The fourth-order valence-corrected chi connectivity index (χ4v) is 3.17. The lowest BCUT2D eigenvalue weighted by atomic mass is 9.82. The molecule has 0 spiro atoms. The number of rotatable bonds is 3. The van der Waals surface area contributed by atoms with E-state index >= 15 is 0 Å². The summed E-state index contributed by atoms with van der Waals surface area (Å²) in [6, 6.07) is 0. The number of aryl methyl sites for hydroxylation is 1. The molecular weight excluding hydrogens is 275 g/mol. The first kappa shape index (κ1) is 14.0. The maximum atomic E-state index is 12.6. The number of H-pyrrole nitrogens is 1. The van der Waals surface area contributed by atoms with Crippen LogP contribution in [-0.4, -0.2) is 25.8 Å². The molecule has 2 aromatic heterocycles. The predicted molar refractivity (Wildman–Crippen MR) is 77.0 cm³/mol. The second-order valence-corrected chi connectivity index (χ2v) is 5.93. The summed E-state index contributed by atoms with van der Waals surface area (Å²) in [4.78, 5) is 30.0. The van der Waals surface area contributed by atoms with Crippen LogP contribution in [0.3, 0.4) is 0 Å². The van der Waals surface area contributed by atoms with Crippen LogP contribution in [0.15, 0.2) is 15.9 Å². The quantitative estimate of drug-likeness (QED) is 0.924. The Morgan fingerprint density at radius 2 is 1.95 bits per heavy atom. The monoisotopic (exact) mass is 294 g/mol. The number of nitrogens with one attached hydrogen (secondary N) is 1. The van der Waals surface area contributed by atoms with Gasteiger partial charge in [0.05, 0.1) is 13.0 Å². The largest absolute Gasteiger partial charge is 0.329 e. The third-order valence-corrected chi connectivity index (χ3v) is 4.52. The molecule has 1 aliphatic rings. The van der Waals surface area contributed by atoms with Crippen LogP contribution >= 0.6 is 0 Å². The molecule has 2 heterocycles. The zero-order valence-electron chi connectivity index (χ0n) is 12.0. The van der Waals surface area contributed by atoms with Gasteiger partial charge in [-0.15, -0.1) is 0 Å². The number of aromatic amines is 1. The molecule has 0 saturated heterocycles. The summed E-state index contributed by atoms with van der Waals surface area (Å²) in [5.41, 5.74) is -0.0184. The Hall–Kier alpha value is -1.92.